The first kappa shape index (κ1) is 17.6. The summed E-state index contributed by atoms with van der Waals surface area (Å²) in [5.41, 5.74) is 0. The Balaban J connectivity index is 4.08. The van der Waals surface area contributed by atoms with Crippen molar-refractivity contribution in [3.8, 4) is 0 Å². The minimum absolute atomic E-state index is 0.00336. The standard InChI is InChI=1S/C11H23O6P/c1-3-5-6-7-8-9-10(11(12)13)17-18(14,15)16-4-2/h10H,3-9H2,1-2H3,(H,12,13)(H,14,15). The molecule has 0 aliphatic carbocycles. The van der Waals surface area contributed by atoms with E-state index in [-0.39, 0.29) is 13.0 Å². The highest BCUT2D eigenvalue weighted by molar-refractivity contribution is 7.47. The summed E-state index contributed by atoms with van der Waals surface area (Å²) < 4.78 is 20.4. The molecular weight excluding hydrogens is 259 g/mol. The first-order valence-corrected chi connectivity index (χ1v) is 7.81. The predicted octanol–water partition coefficient (Wildman–Crippen LogP) is 2.95. The van der Waals surface area contributed by atoms with Crippen LogP contribution in [0.3, 0.4) is 0 Å². The van der Waals surface area contributed by atoms with Gasteiger partial charge in [-0.25, -0.2) is 9.36 Å². The molecule has 0 amide bonds. The van der Waals surface area contributed by atoms with E-state index in [1.54, 1.807) is 0 Å². The summed E-state index contributed by atoms with van der Waals surface area (Å²) in [4.78, 5) is 20.1. The molecule has 7 heteroatoms. The van der Waals surface area contributed by atoms with Crippen LogP contribution in [0.5, 0.6) is 0 Å². The van der Waals surface area contributed by atoms with Gasteiger partial charge in [-0.05, 0) is 13.3 Å². The molecule has 0 saturated carbocycles. The van der Waals surface area contributed by atoms with Crippen molar-refractivity contribution < 1.29 is 28.4 Å². The van der Waals surface area contributed by atoms with Gasteiger partial charge in [0.25, 0.3) is 0 Å². The average molecular weight is 282 g/mol. The molecule has 0 heterocycles. The number of carboxylic acid groups (broad SMARTS) is 1. The van der Waals surface area contributed by atoms with Crippen LogP contribution in [0.2, 0.25) is 0 Å². The SMILES string of the molecule is CCCCCCCC(OP(=O)(O)OCC)C(=O)O. The fourth-order valence-electron chi connectivity index (χ4n) is 1.51. The van der Waals surface area contributed by atoms with Crippen molar-refractivity contribution in [1.29, 1.82) is 0 Å². The van der Waals surface area contributed by atoms with Gasteiger partial charge in [-0.3, -0.25) is 9.05 Å². The van der Waals surface area contributed by atoms with Crippen LogP contribution in [0.4, 0.5) is 0 Å². The van der Waals surface area contributed by atoms with Crippen molar-refractivity contribution in [3.05, 3.63) is 0 Å². The molecule has 0 aromatic carbocycles. The molecule has 0 aliphatic heterocycles. The molecule has 18 heavy (non-hydrogen) atoms. The van der Waals surface area contributed by atoms with Gasteiger partial charge >= 0.3 is 13.8 Å². The molecular formula is C11H23O6P. The van der Waals surface area contributed by atoms with Crippen LogP contribution in [0.25, 0.3) is 0 Å². The van der Waals surface area contributed by atoms with Crippen LogP contribution in [0, 0.1) is 0 Å². The van der Waals surface area contributed by atoms with E-state index in [2.05, 4.69) is 16.0 Å². The maximum atomic E-state index is 11.3. The monoisotopic (exact) mass is 282 g/mol. The molecule has 0 aliphatic rings. The molecule has 0 fully saturated rings. The van der Waals surface area contributed by atoms with E-state index in [0.29, 0.717) is 6.42 Å². The Labute approximate surface area is 108 Å². The number of phosphoric ester groups is 1. The second-order valence-electron chi connectivity index (χ2n) is 4.02. The Bertz CT molecular complexity index is 281. The molecule has 0 spiro atoms. The lowest BCUT2D eigenvalue weighted by atomic mass is 10.1. The lowest BCUT2D eigenvalue weighted by Gasteiger charge is -2.17. The summed E-state index contributed by atoms with van der Waals surface area (Å²) in [5, 5.41) is 8.89. The number of carboxylic acids is 1. The van der Waals surface area contributed by atoms with Crippen molar-refractivity contribution in [1.82, 2.24) is 0 Å². The topological polar surface area (TPSA) is 93.1 Å². The number of unbranched alkanes of at least 4 members (excludes halogenated alkanes) is 4. The highest BCUT2D eigenvalue weighted by atomic mass is 31.2. The maximum absolute atomic E-state index is 11.3. The molecule has 0 bridgehead atoms. The zero-order valence-electron chi connectivity index (χ0n) is 11.0. The van der Waals surface area contributed by atoms with Crippen molar-refractivity contribution in [2.45, 2.75) is 58.5 Å². The summed E-state index contributed by atoms with van der Waals surface area (Å²) in [5.74, 6) is -1.24. The lowest BCUT2D eigenvalue weighted by molar-refractivity contribution is -0.146. The number of carbonyl (C=O) groups is 1. The van der Waals surface area contributed by atoms with E-state index >= 15 is 0 Å². The normalized spacial score (nSPS) is 16.2. The van der Waals surface area contributed by atoms with E-state index < -0.39 is 19.9 Å². The van der Waals surface area contributed by atoms with Crippen LogP contribution in [-0.4, -0.2) is 28.7 Å². The zero-order valence-corrected chi connectivity index (χ0v) is 11.9. The quantitative estimate of drug-likeness (QED) is 0.447. The van der Waals surface area contributed by atoms with Crippen LogP contribution in [0.1, 0.15) is 52.4 Å². The molecule has 2 atom stereocenters. The van der Waals surface area contributed by atoms with Crippen LogP contribution < -0.4 is 0 Å². The maximum Gasteiger partial charge on any atom is 0.473 e. The molecule has 108 valence electrons. The number of phosphoric acid groups is 1. The van der Waals surface area contributed by atoms with Gasteiger partial charge in [0.05, 0.1) is 6.61 Å². The fourth-order valence-corrected chi connectivity index (χ4v) is 2.41. The summed E-state index contributed by atoms with van der Waals surface area (Å²) in [7, 11) is -4.24. The fraction of sp³-hybridized carbons (Fsp3) is 0.909. The smallest absolute Gasteiger partial charge is 0.473 e. The van der Waals surface area contributed by atoms with Crippen LogP contribution in [-0.2, 0) is 18.4 Å². The van der Waals surface area contributed by atoms with Gasteiger partial charge in [0.2, 0.25) is 0 Å². The van der Waals surface area contributed by atoms with E-state index in [9.17, 15) is 14.3 Å². The first-order chi connectivity index (χ1) is 8.43. The molecule has 0 saturated heterocycles. The van der Waals surface area contributed by atoms with Crippen molar-refractivity contribution in [2.24, 2.45) is 0 Å². The zero-order chi connectivity index (χ0) is 14.0. The number of rotatable bonds is 11. The van der Waals surface area contributed by atoms with E-state index in [1.807, 2.05) is 0 Å². The predicted molar refractivity (Wildman–Crippen MR) is 67.3 cm³/mol. The highest BCUT2D eigenvalue weighted by Crippen LogP contribution is 2.45. The van der Waals surface area contributed by atoms with Gasteiger partial charge in [-0.1, -0.05) is 39.0 Å². The molecule has 0 aromatic rings. The van der Waals surface area contributed by atoms with Gasteiger partial charge in [0.15, 0.2) is 6.10 Å². The highest BCUT2D eigenvalue weighted by Gasteiger charge is 2.30. The van der Waals surface area contributed by atoms with Gasteiger partial charge in [0, 0.05) is 0 Å². The van der Waals surface area contributed by atoms with Crippen LogP contribution in [0.15, 0.2) is 0 Å². The number of hydrogen-bond donors (Lipinski definition) is 2. The second kappa shape index (κ2) is 9.50. The third-order valence-electron chi connectivity index (χ3n) is 2.40. The van der Waals surface area contributed by atoms with E-state index in [1.165, 1.54) is 6.92 Å². The van der Waals surface area contributed by atoms with Gasteiger partial charge in [-0.15, -0.1) is 0 Å². The van der Waals surface area contributed by atoms with Gasteiger partial charge < -0.3 is 10.00 Å². The Hall–Kier alpha value is -0.420. The minimum Gasteiger partial charge on any atom is -0.479 e. The Morgan fingerprint density at radius 3 is 2.33 bits per heavy atom. The third-order valence-corrected chi connectivity index (χ3v) is 3.50. The number of hydrogen-bond acceptors (Lipinski definition) is 4. The van der Waals surface area contributed by atoms with Gasteiger partial charge in [0.1, 0.15) is 0 Å². The van der Waals surface area contributed by atoms with E-state index in [4.69, 9.17) is 5.11 Å². The first-order valence-electron chi connectivity index (χ1n) is 6.31. The molecule has 0 aromatic heterocycles. The molecule has 0 radical (unpaired) electrons. The Morgan fingerprint density at radius 2 is 1.83 bits per heavy atom. The average Bonchev–Trinajstić information content (AvgIpc) is 2.26. The minimum atomic E-state index is -4.24. The molecule has 2 unspecified atom stereocenters. The lowest BCUT2D eigenvalue weighted by Crippen LogP contribution is -2.23. The molecule has 2 N–H and O–H groups in total. The van der Waals surface area contributed by atoms with Gasteiger partial charge in [-0.2, -0.15) is 0 Å². The van der Waals surface area contributed by atoms with E-state index in [0.717, 1.165) is 25.7 Å². The summed E-state index contributed by atoms with van der Waals surface area (Å²) in [6, 6.07) is 0. The Morgan fingerprint density at radius 1 is 1.22 bits per heavy atom. The largest absolute Gasteiger partial charge is 0.479 e. The summed E-state index contributed by atoms with van der Waals surface area (Å²) in [6.07, 6.45) is 3.73. The van der Waals surface area contributed by atoms with Crippen molar-refractivity contribution in [3.63, 3.8) is 0 Å². The molecule has 6 nitrogen and oxygen atoms in total. The van der Waals surface area contributed by atoms with Crippen molar-refractivity contribution >= 4 is 13.8 Å². The summed E-state index contributed by atoms with van der Waals surface area (Å²) in [6.45, 7) is 3.62. The summed E-state index contributed by atoms with van der Waals surface area (Å²) >= 11 is 0. The van der Waals surface area contributed by atoms with Crippen molar-refractivity contribution in [2.75, 3.05) is 6.61 Å². The van der Waals surface area contributed by atoms with Crippen LogP contribution >= 0.6 is 7.82 Å². The molecule has 0 rings (SSSR count). The number of aliphatic carboxylic acids is 1. The second-order valence-corrected chi connectivity index (χ2v) is 5.43. The Kier molecular flexibility index (Phi) is 9.28. The third kappa shape index (κ3) is 8.64.